The number of hydrogen-bond donors (Lipinski definition) is 2. The van der Waals surface area contributed by atoms with E-state index in [0.717, 1.165) is 5.56 Å². The van der Waals surface area contributed by atoms with Crippen LogP contribution in [0.15, 0.2) is 24.3 Å². The Balaban J connectivity index is 1.97. The van der Waals surface area contributed by atoms with Gasteiger partial charge in [0.05, 0.1) is 17.9 Å². The molecule has 0 aromatic heterocycles. The lowest BCUT2D eigenvalue weighted by Gasteiger charge is -2.33. The van der Waals surface area contributed by atoms with Crippen LogP contribution in [-0.2, 0) is 20.7 Å². The van der Waals surface area contributed by atoms with Crippen molar-refractivity contribution in [3.8, 4) is 5.75 Å². The van der Waals surface area contributed by atoms with Crippen LogP contribution >= 0.6 is 0 Å². The third-order valence-corrected chi connectivity index (χ3v) is 4.21. The Labute approximate surface area is 142 Å². The smallest absolute Gasteiger partial charge is 0.311 e. The van der Waals surface area contributed by atoms with Crippen molar-refractivity contribution >= 4 is 11.9 Å². The fraction of sp³-hybridized carbons (Fsp3) is 0.556. The number of carboxylic acids is 1. The number of para-hydroxylation sites is 1. The Morgan fingerprint density at radius 2 is 1.96 bits per heavy atom. The minimum absolute atomic E-state index is 0.0201. The van der Waals surface area contributed by atoms with Gasteiger partial charge in [-0.2, -0.15) is 0 Å². The van der Waals surface area contributed by atoms with E-state index in [9.17, 15) is 14.7 Å². The van der Waals surface area contributed by atoms with E-state index in [1.54, 1.807) is 0 Å². The first kappa shape index (κ1) is 18.3. The summed E-state index contributed by atoms with van der Waals surface area (Å²) in [6.07, 6.45) is 1.01. The second kappa shape index (κ2) is 8.15. The number of carbonyl (C=O) groups is 2. The maximum atomic E-state index is 12.3. The molecule has 1 aliphatic rings. The molecule has 132 valence electrons. The summed E-state index contributed by atoms with van der Waals surface area (Å²) in [4.78, 5) is 23.9. The first-order valence-corrected chi connectivity index (χ1v) is 8.25. The van der Waals surface area contributed by atoms with Crippen LogP contribution in [0.2, 0.25) is 0 Å². The van der Waals surface area contributed by atoms with E-state index in [1.807, 2.05) is 38.1 Å². The Morgan fingerprint density at radius 3 is 2.58 bits per heavy atom. The van der Waals surface area contributed by atoms with Crippen molar-refractivity contribution in [3.63, 3.8) is 0 Å². The Kier molecular flexibility index (Phi) is 6.20. The van der Waals surface area contributed by atoms with Crippen LogP contribution in [0.5, 0.6) is 5.75 Å². The van der Waals surface area contributed by atoms with Crippen molar-refractivity contribution < 1.29 is 24.2 Å². The normalized spacial score (nSPS) is 16.6. The monoisotopic (exact) mass is 335 g/mol. The topological polar surface area (TPSA) is 84.9 Å². The predicted molar refractivity (Wildman–Crippen MR) is 89.0 cm³/mol. The number of carbonyl (C=O) groups excluding carboxylic acids is 1. The van der Waals surface area contributed by atoms with Crippen LogP contribution in [0.25, 0.3) is 0 Å². The number of ether oxygens (including phenoxy) is 2. The summed E-state index contributed by atoms with van der Waals surface area (Å²) in [5, 5.41) is 12.3. The van der Waals surface area contributed by atoms with E-state index in [-0.39, 0.29) is 25.0 Å². The quantitative estimate of drug-likeness (QED) is 0.796. The van der Waals surface area contributed by atoms with Crippen LogP contribution in [-0.4, -0.2) is 42.8 Å². The molecule has 0 unspecified atom stereocenters. The SMILES string of the molecule is CC(C)Oc1ccccc1CC(=O)NCC1(C(=O)O)CCOCC1. The van der Waals surface area contributed by atoms with E-state index in [2.05, 4.69) is 5.32 Å². The third kappa shape index (κ3) is 4.71. The Morgan fingerprint density at radius 1 is 1.29 bits per heavy atom. The molecule has 1 aromatic carbocycles. The molecule has 24 heavy (non-hydrogen) atoms. The van der Waals surface area contributed by atoms with E-state index >= 15 is 0 Å². The fourth-order valence-electron chi connectivity index (χ4n) is 2.75. The van der Waals surface area contributed by atoms with Gasteiger partial charge in [-0.25, -0.2) is 0 Å². The molecule has 0 radical (unpaired) electrons. The maximum Gasteiger partial charge on any atom is 0.311 e. The van der Waals surface area contributed by atoms with Crippen molar-refractivity contribution in [2.75, 3.05) is 19.8 Å². The largest absolute Gasteiger partial charge is 0.491 e. The minimum Gasteiger partial charge on any atom is -0.491 e. The maximum absolute atomic E-state index is 12.3. The molecule has 1 aliphatic heterocycles. The zero-order valence-corrected chi connectivity index (χ0v) is 14.2. The first-order valence-electron chi connectivity index (χ1n) is 8.25. The van der Waals surface area contributed by atoms with E-state index in [1.165, 1.54) is 0 Å². The molecule has 2 rings (SSSR count). The molecule has 6 nitrogen and oxygen atoms in total. The number of carboxylic acid groups (broad SMARTS) is 1. The van der Waals surface area contributed by atoms with Crippen LogP contribution in [0.3, 0.4) is 0 Å². The van der Waals surface area contributed by atoms with Gasteiger partial charge in [0.2, 0.25) is 5.91 Å². The summed E-state index contributed by atoms with van der Waals surface area (Å²) in [5.74, 6) is -0.404. The number of nitrogens with one attached hydrogen (secondary N) is 1. The molecule has 0 saturated carbocycles. The second-order valence-electron chi connectivity index (χ2n) is 6.43. The molecule has 2 N–H and O–H groups in total. The molecule has 1 aromatic rings. The van der Waals surface area contributed by atoms with Crippen molar-refractivity contribution in [1.29, 1.82) is 0 Å². The van der Waals surface area contributed by atoms with Gasteiger partial charge in [-0.3, -0.25) is 9.59 Å². The standard InChI is InChI=1S/C18H25NO5/c1-13(2)24-15-6-4-3-5-14(15)11-16(20)19-12-18(17(21)22)7-9-23-10-8-18/h3-6,13H,7-12H2,1-2H3,(H,19,20)(H,21,22). The highest BCUT2D eigenvalue weighted by Gasteiger charge is 2.40. The van der Waals surface area contributed by atoms with Crippen molar-refractivity contribution in [1.82, 2.24) is 5.32 Å². The molecular formula is C18H25NO5. The molecule has 1 heterocycles. The first-order chi connectivity index (χ1) is 11.4. The molecule has 1 amide bonds. The molecule has 0 spiro atoms. The molecule has 0 aliphatic carbocycles. The lowest BCUT2D eigenvalue weighted by atomic mass is 9.80. The average Bonchev–Trinajstić information content (AvgIpc) is 2.55. The summed E-state index contributed by atoms with van der Waals surface area (Å²) in [5.41, 5.74) is -0.137. The van der Waals surface area contributed by atoms with Gasteiger partial charge in [0.1, 0.15) is 5.75 Å². The average molecular weight is 335 g/mol. The number of aliphatic carboxylic acids is 1. The minimum atomic E-state index is -0.929. The van der Waals surface area contributed by atoms with Crippen LogP contribution < -0.4 is 10.1 Å². The van der Waals surface area contributed by atoms with E-state index in [0.29, 0.717) is 31.8 Å². The van der Waals surface area contributed by atoms with E-state index in [4.69, 9.17) is 9.47 Å². The van der Waals surface area contributed by atoms with Gasteiger partial charge in [0, 0.05) is 25.3 Å². The number of amides is 1. The van der Waals surface area contributed by atoms with Gasteiger partial charge in [-0.15, -0.1) is 0 Å². The number of hydrogen-bond acceptors (Lipinski definition) is 4. The molecule has 1 fully saturated rings. The highest BCUT2D eigenvalue weighted by atomic mass is 16.5. The zero-order valence-electron chi connectivity index (χ0n) is 14.2. The molecule has 0 bridgehead atoms. The van der Waals surface area contributed by atoms with Gasteiger partial charge in [0.15, 0.2) is 0 Å². The summed E-state index contributed by atoms with van der Waals surface area (Å²) < 4.78 is 10.9. The Bertz CT molecular complexity index is 579. The predicted octanol–water partition coefficient (Wildman–Crippen LogP) is 2.01. The molecule has 6 heteroatoms. The van der Waals surface area contributed by atoms with Gasteiger partial charge in [0.25, 0.3) is 0 Å². The van der Waals surface area contributed by atoms with Gasteiger partial charge >= 0.3 is 5.97 Å². The third-order valence-electron chi connectivity index (χ3n) is 4.21. The number of benzene rings is 1. The van der Waals surface area contributed by atoms with Gasteiger partial charge < -0.3 is 19.9 Å². The number of rotatable bonds is 7. The Hall–Kier alpha value is -2.08. The summed E-state index contributed by atoms with van der Waals surface area (Å²) in [7, 11) is 0. The van der Waals surface area contributed by atoms with E-state index < -0.39 is 11.4 Å². The molecular weight excluding hydrogens is 310 g/mol. The lowest BCUT2D eigenvalue weighted by Crippen LogP contribution is -2.46. The zero-order chi connectivity index (χ0) is 17.6. The van der Waals surface area contributed by atoms with Crippen molar-refractivity contribution in [2.45, 2.75) is 39.2 Å². The highest BCUT2D eigenvalue weighted by Crippen LogP contribution is 2.30. The van der Waals surface area contributed by atoms with Gasteiger partial charge in [-0.1, -0.05) is 18.2 Å². The van der Waals surface area contributed by atoms with Crippen molar-refractivity contribution in [2.24, 2.45) is 5.41 Å². The van der Waals surface area contributed by atoms with Crippen LogP contribution in [0.4, 0.5) is 0 Å². The lowest BCUT2D eigenvalue weighted by molar-refractivity contribution is -0.154. The van der Waals surface area contributed by atoms with Crippen LogP contribution in [0.1, 0.15) is 32.3 Å². The second-order valence-corrected chi connectivity index (χ2v) is 6.43. The summed E-state index contributed by atoms with van der Waals surface area (Å²) in [6.45, 7) is 4.80. The van der Waals surface area contributed by atoms with Crippen LogP contribution in [0, 0.1) is 5.41 Å². The van der Waals surface area contributed by atoms with Crippen molar-refractivity contribution in [3.05, 3.63) is 29.8 Å². The molecule has 0 atom stereocenters. The molecule has 1 saturated heterocycles. The van der Waals surface area contributed by atoms with Gasteiger partial charge in [-0.05, 0) is 32.8 Å². The summed E-state index contributed by atoms with van der Waals surface area (Å²) >= 11 is 0. The highest BCUT2D eigenvalue weighted by molar-refractivity contribution is 5.81. The fourth-order valence-corrected chi connectivity index (χ4v) is 2.75. The summed E-state index contributed by atoms with van der Waals surface area (Å²) in [6, 6.07) is 7.39.